The molecule has 0 aliphatic carbocycles. The minimum Gasteiger partial charge on any atom is -0.491 e. The number of rotatable bonds is 2. The Morgan fingerprint density at radius 1 is 1.38 bits per heavy atom. The molecule has 0 bridgehead atoms. The van der Waals surface area contributed by atoms with Gasteiger partial charge in [-0.05, 0) is 6.07 Å². The number of hydrogen-bond acceptors (Lipinski definition) is 5. The van der Waals surface area contributed by atoms with Crippen molar-refractivity contribution in [2.24, 2.45) is 7.05 Å². The van der Waals surface area contributed by atoms with Gasteiger partial charge in [0.15, 0.2) is 5.82 Å². The number of aromatic nitrogens is 3. The normalized spacial score (nSPS) is 22.8. The summed E-state index contributed by atoms with van der Waals surface area (Å²) in [5, 5.41) is 11.0. The van der Waals surface area contributed by atoms with Gasteiger partial charge in [0, 0.05) is 19.2 Å². The van der Waals surface area contributed by atoms with Crippen LogP contribution in [-0.2, 0) is 11.8 Å². The fourth-order valence-electron chi connectivity index (χ4n) is 3.10. The lowest BCUT2D eigenvalue weighted by molar-refractivity contribution is -0.0218. The molecule has 2 aliphatic heterocycles. The Labute approximate surface area is 139 Å². The SMILES string of the molecule is Cn1cnnc1[C@@H]1CN(C(=O)N[C@@H]2COc3ccccc32)CCO1. The molecular formula is C16H19N5O3. The van der Waals surface area contributed by atoms with Gasteiger partial charge in [0.1, 0.15) is 24.8 Å². The number of aryl methyl sites for hydroxylation is 1. The number of urea groups is 1. The van der Waals surface area contributed by atoms with Gasteiger partial charge in [-0.1, -0.05) is 18.2 Å². The minimum atomic E-state index is -0.260. The number of hydrogen-bond donors (Lipinski definition) is 1. The minimum absolute atomic E-state index is 0.115. The molecule has 1 fully saturated rings. The molecule has 8 heteroatoms. The first-order chi connectivity index (χ1) is 11.7. The maximum atomic E-state index is 12.6. The van der Waals surface area contributed by atoms with Gasteiger partial charge in [-0.3, -0.25) is 0 Å². The molecular weight excluding hydrogens is 310 g/mol. The topological polar surface area (TPSA) is 81.5 Å². The van der Waals surface area contributed by atoms with Crippen LogP contribution in [0.5, 0.6) is 5.75 Å². The van der Waals surface area contributed by atoms with E-state index in [-0.39, 0.29) is 18.2 Å². The van der Waals surface area contributed by atoms with E-state index in [9.17, 15) is 4.79 Å². The number of fused-ring (bicyclic) bond motifs is 1. The zero-order valence-electron chi connectivity index (χ0n) is 13.4. The van der Waals surface area contributed by atoms with Crippen molar-refractivity contribution in [2.45, 2.75) is 12.1 Å². The molecule has 4 rings (SSSR count). The molecule has 0 saturated carbocycles. The lowest BCUT2D eigenvalue weighted by atomic mass is 10.1. The van der Waals surface area contributed by atoms with Crippen LogP contribution in [0.2, 0.25) is 0 Å². The van der Waals surface area contributed by atoms with Crippen LogP contribution in [0.1, 0.15) is 23.5 Å². The van der Waals surface area contributed by atoms with Crippen molar-refractivity contribution in [1.29, 1.82) is 0 Å². The van der Waals surface area contributed by atoms with E-state index in [0.29, 0.717) is 26.3 Å². The molecule has 0 radical (unpaired) electrons. The van der Waals surface area contributed by atoms with E-state index in [0.717, 1.165) is 17.1 Å². The summed E-state index contributed by atoms with van der Waals surface area (Å²) >= 11 is 0. The number of morpholine rings is 1. The van der Waals surface area contributed by atoms with Crippen LogP contribution in [-0.4, -0.2) is 52.0 Å². The molecule has 3 heterocycles. The van der Waals surface area contributed by atoms with Crippen molar-refractivity contribution >= 4 is 6.03 Å². The van der Waals surface area contributed by atoms with Gasteiger partial charge in [0.25, 0.3) is 0 Å². The van der Waals surface area contributed by atoms with Gasteiger partial charge < -0.3 is 24.3 Å². The van der Waals surface area contributed by atoms with E-state index in [4.69, 9.17) is 9.47 Å². The predicted octanol–water partition coefficient (Wildman–Crippen LogP) is 1.03. The van der Waals surface area contributed by atoms with Crippen molar-refractivity contribution in [3.8, 4) is 5.75 Å². The third-order valence-electron chi connectivity index (χ3n) is 4.39. The smallest absolute Gasteiger partial charge is 0.318 e. The van der Waals surface area contributed by atoms with E-state index in [1.54, 1.807) is 11.2 Å². The average Bonchev–Trinajstić information content (AvgIpc) is 3.22. The second kappa shape index (κ2) is 6.12. The van der Waals surface area contributed by atoms with Gasteiger partial charge in [0.2, 0.25) is 0 Å². The lowest BCUT2D eigenvalue weighted by Gasteiger charge is -2.33. The largest absolute Gasteiger partial charge is 0.491 e. The first kappa shape index (κ1) is 14.9. The molecule has 2 amide bonds. The van der Waals surface area contributed by atoms with Crippen molar-refractivity contribution in [2.75, 3.05) is 26.3 Å². The number of nitrogens with zero attached hydrogens (tertiary/aromatic N) is 4. The highest BCUT2D eigenvalue weighted by molar-refractivity contribution is 5.75. The molecule has 1 saturated heterocycles. The third kappa shape index (κ3) is 2.69. The molecule has 0 spiro atoms. The summed E-state index contributed by atoms with van der Waals surface area (Å²) in [6.07, 6.45) is 1.37. The zero-order valence-corrected chi connectivity index (χ0v) is 13.4. The second-order valence-corrected chi connectivity index (χ2v) is 5.96. The molecule has 2 aliphatic rings. The molecule has 1 N–H and O–H groups in total. The lowest BCUT2D eigenvalue weighted by Crippen LogP contribution is -2.48. The molecule has 24 heavy (non-hydrogen) atoms. The maximum absolute atomic E-state index is 12.6. The Balaban J connectivity index is 1.43. The van der Waals surface area contributed by atoms with Crippen LogP contribution in [0.4, 0.5) is 4.79 Å². The van der Waals surface area contributed by atoms with Crippen LogP contribution in [0, 0.1) is 0 Å². The van der Waals surface area contributed by atoms with E-state index >= 15 is 0 Å². The highest BCUT2D eigenvalue weighted by atomic mass is 16.5. The van der Waals surface area contributed by atoms with Crippen molar-refractivity contribution in [1.82, 2.24) is 25.0 Å². The number of amides is 2. The number of carbonyl (C=O) groups excluding carboxylic acids is 1. The van der Waals surface area contributed by atoms with Gasteiger partial charge in [-0.15, -0.1) is 10.2 Å². The third-order valence-corrected chi connectivity index (χ3v) is 4.39. The number of benzene rings is 1. The second-order valence-electron chi connectivity index (χ2n) is 5.96. The van der Waals surface area contributed by atoms with Crippen molar-refractivity contribution < 1.29 is 14.3 Å². The quantitative estimate of drug-likeness (QED) is 0.890. The highest BCUT2D eigenvalue weighted by Gasteiger charge is 2.31. The molecule has 1 aromatic carbocycles. The first-order valence-corrected chi connectivity index (χ1v) is 7.95. The molecule has 8 nitrogen and oxygen atoms in total. The van der Waals surface area contributed by atoms with Crippen molar-refractivity contribution in [3.63, 3.8) is 0 Å². The summed E-state index contributed by atoms with van der Waals surface area (Å²) in [5.74, 6) is 1.56. The number of carbonyl (C=O) groups is 1. The molecule has 126 valence electrons. The van der Waals surface area contributed by atoms with Gasteiger partial charge in [-0.25, -0.2) is 4.79 Å². The number of ether oxygens (including phenoxy) is 2. The Hall–Kier alpha value is -2.61. The fourth-order valence-corrected chi connectivity index (χ4v) is 3.10. The summed E-state index contributed by atoms with van der Waals surface area (Å²) < 4.78 is 13.2. The highest BCUT2D eigenvalue weighted by Crippen LogP contribution is 2.32. The van der Waals surface area contributed by atoms with E-state index < -0.39 is 0 Å². The Bertz CT molecular complexity index is 747. The van der Waals surface area contributed by atoms with E-state index in [1.165, 1.54) is 0 Å². The maximum Gasteiger partial charge on any atom is 0.318 e. The summed E-state index contributed by atoms with van der Waals surface area (Å²) in [6.45, 7) is 1.94. The Kier molecular flexibility index (Phi) is 3.81. The predicted molar refractivity (Wildman–Crippen MR) is 84.5 cm³/mol. The summed E-state index contributed by atoms with van der Waals surface area (Å²) in [4.78, 5) is 14.4. The zero-order chi connectivity index (χ0) is 16.5. The van der Waals surface area contributed by atoms with Crippen LogP contribution in [0.25, 0.3) is 0 Å². The molecule has 2 aromatic rings. The summed E-state index contributed by atoms with van der Waals surface area (Å²) in [5.41, 5.74) is 1.02. The van der Waals surface area contributed by atoms with Gasteiger partial charge in [-0.2, -0.15) is 0 Å². The molecule has 2 atom stereocenters. The first-order valence-electron chi connectivity index (χ1n) is 7.95. The van der Waals surface area contributed by atoms with Crippen LogP contribution < -0.4 is 10.1 Å². The average molecular weight is 329 g/mol. The standard InChI is InChI=1S/C16H19N5O3/c1-20-10-17-19-15(20)14-8-21(6-7-23-14)16(22)18-12-9-24-13-5-3-2-4-11(12)13/h2-5,10,12,14H,6-9H2,1H3,(H,18,22)/t12-,14+/m1/s1. The fraction of sp³-hybridized carbons (Fsp3) is 0.438. The summed E-state index contributed by atoms with van der Waals surface area (Å²) in [7, 11) is 1.87. The van der Waals surface area contributed by atoms with Crippen LogP contribution in [0.15, 0.2) is 30.6 Å². The van der Waals surface area contributed by atoms with Gasteiger partial charge >= 0.3 is 6.03 Å². The molecule has 1 aromatic heterocycles. The summed E-state index contributed by atoms with van der Waals surface area (Å²) in [6, 6.07) is 7.54. The van der Waals surface area contributed by atoms with E-state index in [1.807, 2.05) is 35.9 Å². The van der Waals surface area contributed by atoms with Crippen LogP contribution >= 0.6 is 0 Å². The molecule has 0 unspecified atom stereocenters. The Morgan fingerprint density at radius 2 is 2.25 bits per heavy atom. The number of nitrogens with one attached hydrogen (secondary N) is 1. The number of para-hydroxylation sites is 1. The van der Waals surface area contributed by atoms with E-state index in [2.05, 4.69) is 15.5 Å². The monoisotopic (exact) mass is 329 g/mol. The van der Waals surface area contributed by atoms with Gasteiger partial charge in [0.05, 0.1) is 19.2 Å². The Morgan fingerprint density at radius 3 is 3.08 bits per heavy atom. The van der Waals surface area contributed by atoms with Crippen molar-refractivity contribution in [3.05, 3.63) is 42.0 Å². The van der Waals surface area contributed by atoms with Crippen LogP contribution in [0.3, 0.4) is 0 Å².